The highest BCUT2D eigenvalue weighted by molar-refractivity contribution is 4.91. The van der Waals surface area contributed by atoms with Gasteiger partial charge < -0.3 is 9.47 Å². The van der Waals surface area contributed by atoms with Crippen LogP contribution in [0, 0.1) is 5.41 Å². The molecule has 0 bridgehead atoms. The van der Waals surface area contributed by atoms with Crippen LogP contribution in [0.15, 0.2) is 25.5 Å². The molecule has 0 N–H and O–H groups in total. The number of ether oxygens (including phenoxy) is 2. The molecule has 0 amide bonds. The zero-order chi connectivity index (χ0) is 8.16. The molecule has 0 atom stereocenters. The molecule has 2 nitrogen and oxygen atoms in total. The monoisotopic (exact) mass is 154 g/mol. The quantitative estimate of drug-likeness (QED) is 0.443. The summed E-state index contributed by atoms with van der Waals surface area (Å²) in [5.41, 5.74) is 0.190. The molecule has 1 heterocycles. The predicted octanol–water partition coefficient (Wildman–Crippen LogP) is 1.74. The Bertz CT molecular complexity index is 148. The van der Waals surface area contributed by atoms with Crippen LogP contribution in [0.25, 0.3) is 0 Å². The molecule has 0 radical (unpaired) electrons. The third-order valence-electron chi connectivity index (χ3n) is 1.90. The molecule has 1 fully saturated rings. The molecule has 1 saturated heterocycles. The topological polar surface area (TPSA) is 18.5 Å². The van der Waals surface area contributed by atoms with Gasteiger partial charge in [0, 0.05) is 0 Å². The standard InChI is InChI=1S/C9H14O2/c1-3-5-9(6-10-4-2)7-11-8-9/h3-4H,1-2,5-8H2. The van der Waals surface area contributed by atoms with E-state index in [1.54, 1.807) is 0 Å². The molecule has 0 spiro atoms. The highest BCUT2D eigenvalue weighted by Crippen LogP contribution is 2.31. The van der Waals surface area contributed by atoms with Gasteiger partial charge in [0.25, 0.3) is 0 Å². The van der Waals surface area contributed by atoms with E-state index in [0.717, 1.165) is 19.6 Å². The summed E-state index contributed by atoms with van der Waals surface area (Å²) in [5, 5.41) is 0. The number of allylic oxidation sites excluding steroid dienone is 1. The van der Waals surface area contributed by atoms with Gasteiger partial charge in [-0.3, -0.25) is 0 Å². The zero-order valence-corrected chi connectivity index (χ0v) is 6.71. The molecule has 1 aliphatic rings. The Labute approximate surface area is 67.5 Å². The second-order valence-electron chi connectivity index (χ2n) is 2.96. The summed E-state index contributed by atoms with van der Waals surface area (Å²) in [6.07, 6.45) is 4.35. The van der Waals surface area contributed by atoms with Gasteiger partial charge >= 0.3 is 0 Å². The van der Waals surface area contributed by atoms with Crippen LogP contribution in [-0.2, 0) is 9.47 Å². The first-order valence-corrected chi connectivity index (χ1v) is 3.74. The van der Waals surface area contributed by atoms with E-state index in [4.69, 9.17) is 9.47 Å². The van der Waals surface area contributed by atoms with Gasteiger partial charge in [-0.15, -0.1) is 6.58 Å². The predicted molar refractivity (Wildman–Crippen MR) is 44.2 cm³/mol. The third-order valence-corrected chi connectivity index (χ3v) is 1.90. The van der Waals surface area contributed by atoms with Crippen molar-refractivity contribution in [2.75, 3.05) is 19.8 Å². The van der Waals surface area contributed by atoms with Crippen LogP contribution in [0.5, 0.6) is 0 Å². The Kier molecular flexibility index (Phi) is 2.71. The zero-order valence-electron chi connectivity index (χ0n) is 6.71. The summed E-state index contributed by atoms with van der Waals surface area (Å²) in [5.74, 6) is 0. The second kappa shape index (κ2) is 3.58. The molecule has 0 aliphatic carbocycles. The van der Waals surface area contributed by atoms with Gasteiger partial charge in [0.05, 0.1) is 31.5 Å². The lowest BCUT2D eigenvalue weighted by Gasteiger charge is -2.39. The Balaban J connectivity index is 2.32. The van der Waals surface area contributed by atoms with Gasteiger partial charge in [0.1, 0.15) is 0 Å². The van der Waals surface area contributed by atoms with Gasteiger partial charge in [0.15, 0.2) is 0 Å². The van der Waals surface area contributed by atoms with Crippen LogP contribution >= 0.6 is 0 Å². The van der Waals surface area contributed by atoms with Gasteiger partial charge in [-0.25, -0.2) is 0 Å². The fraction of sp³-hybridized carbons (Fsp3) is 0.556. The molecular weight excluding hydrogens is 140 g/mol. The van der Waals surface area contributed by atoms with Crippen LogP contribution in [0.2, 0.25) is 0 Å². The van der Waals surface area contributed by atoms with Gasteiger partial charge in [-0.1, -0.05) is 12.7 Å². The molecular formula is C9H14O2. The van der Waals surface area contributed by atoms with Crippen LogP contribution in [0.3, 0.4) is 0 Å². The minimum atomic E-state index is 0.190. The van der Waals surface area contributed by atoms with E-state index in [0.29, 0.717) is 6.61 Å². The Morgan fingerprint density at radius 2 is 2.18 bits per heavy atom. The normalized spacial score (nSPS) is 20.0. The summed E-state index contributed by atoms with van der Waals surface area (Å²) in [7, 11) is 0. The average Bonchev–Trinajstić information content (AvgIpc) is 1.95. The van der Waals surface area contributed by atoms with E-state index in [2.05, 4.69) is 13.2 Å². The highest BCUT2D eigenvalue weighted by atomic mass is 16.5. The van der Waals surface area contributed by atoms with E-state index in [-0.39, 0.29) is 5.41 Å². The highest BCUT2D eigenvalue weighted by Gasteiger charge is 2.37. The van der Waals surface area contributed by atoms with Crippen molar-refractivity contribution in [3.05, 3.63) is 25.5 Å². The number of rotatable bonds is 5. The SMILES string of the molecule is C=CCC1(COC=C)COC1. The molecule has 0 aromatic rings. The molecule has 62 valence electrons. The van der Waals surface area contributed by atoms with E-state index in [1.807, 2.05) is 6.08 Å². The van der Waals surface area contributed by atoms with Crippen LogP contribution in [0.1, 0.15) is 6.42 Å². The van der Waals surface area contributed by atoms with Crippen molar-refractivity contribution in [2.24, 2.45) is 5.41 Å². The lowest BCUT2D eigenvalue weighted by molar-refractivity contribution is -0.136. The summed E-state index contributed by atoms with van der Waals surface area (Å²) in [4.78, 5) is 0. The van der Waals surface area contributed by atoms with Crippen LogP contribution in [-0.4, -0.2) is 19.8 Å². The second-order valence-corrected chi connectivity index (χ2v) is 2.96. The lowest BCUT2D eigenvalue weighted by Crippen LogP contribution is -2.45. The van der Waals surface area contributed by atoms with E-state index in [1.165, 1.54) is 6.26 Å². The minimum absolute atomic E-state index is 0.190. The van der Waals surface area contributed by atoms with Gasteiger partial charge in [0.2, 0.25) is 0 Å². The fourth-order valence-electron chi connectivity index (χ4n) is 1.19. The van der Waals surface area contributed by atoms with Crippen molar-refractivity contribution in [3.8, 4) is 0 Å². The maximum atomic E-state index is 5.13. The Hall–Kier alpha value is -0.760. The molecule has 2 heteroatoms. The van der Waals surface area contributed by atoms with Crippen molar-refractivity contribution in [3.63, 3.8) is 0 Å². The van der Waals surface area contributed by atoms with E-state index >= 15 is 0 Å². The number of hydrogen-bond donors (Lipinski definition) is 0. The molecule has 11 heavy (non-hydrogen) atoms. The Morgan fingerprint density at radius 3 is 2.55 bits per heavy atom. The summed E-state index contributed by atoms with van der Waals surface area (Å²) >= 11 is 0. The summed E-state index contributed by atoms with van der Waals surface area (Å²) in [6, 6.07) is 0. The first kappa shape index (κ1) is 8.34. The molecule has 0 aromatic carbocycles. The molecule has 1 rings (SSSR count). The maximum absolute atomic E-state index is 5.13. The number of hydrogen-bond acceptors (Lipinski definition) is 2. The lowest BCUT2D eigenvalue weighted by atomic mass is 9.83. The largest absolute Gasteiger partial charge is 0.501 e. The maximum Gasteiger partial charge on any atom is 0.0976 e. The van der Waals surface area contributed by atoms with Crippen LogP contribution in [0.4, 0.5) is 0 Å². The van der Waals surface area contributed by atoms with E-state index < -0.39 is 0 Å². The van der Waals surface area contributed by atoms with E-state index in [9.17, 15) is 0 Å². The first-order chi connectivity index (χ1) is 5.33. The smallest absolute Gasteiger partial charge is 0.0976 e. The van der Waals surface area contributed by atoms with Crippen LogP contribution < -0.4 is 0 Å². The van der Waals surface area contributed by atoms with Crippen molar-refractivity contribution < 1.29 is 9.47 Å². The van der Waals surface area contributed by atoms with Crippen molar-refractivity contribution in [2.45, 2.75) is 6.42 Å². The van der Waals surface area contributed by atoms with Gasteiger partial charge in [-0.05, 0) is 6.42 Å². The van der Waals surface area contributed by atoms with Crippen molar-refractivity contribution in [1.82, 2.24) is 0 Å². The first-order valence-electron chi connectivity index (χ1n) is 3.74. The molecule has 1 aliphatic heterocycles. The van der Waals surface area contributed by atoms with Gasteiger partial charge in [-0.2, -0.15) is 0 Å². The summed E-state index contributed by atoms with van der Waals surface area (Å²) < 4.78 is 10.3. The third kappa shape index (κ3) is 1.84. The average molecular weight is 154 g/mol. The van der Waals surface area contributed by atoms with Crippen molar-refractivity contribution in [1.29, 1.82) is 0 Å². The molecule has 0 saturated carbocycles. The fourth-order valence-corrected chi connectivity index (χ4v) is 1.19. The summed E-state index contributed by atoms with van der Waals surface area (Å²) in [6.45, 7) is 9.46. The Morgan fingerprint density at radius 1 is 1.45 bits per heavy atom. The molecule has 0 unspecified atom stereocenters. The molecule has 0 aromatic heterocycles. The van der Waals surface area contributed by atoms with Crippen molar-refractivity contribution >= 4 is 0 Å². The minimum Gasteiger partial charge on any atom is -0.501 e.